The number of carbonyl (C=O) groups is 1. The summed E-state index contributed by atoms with van der Waals surface area (Å²) in [5, 5.41) is 9.93. The van der Waals surface area contributed by atoms with Crippen LogP contribution in [-0.2, 0) is 4.79 Å². The molecule has 0 bridgehead atoms. The first kappa shape index (κ1) is 16.4. The van der Waals surface area contributed by atoms with Crippen molar-refractivity contribution >= 4 is 5.91 Å². The highest BCUT2D eigenvalue weighted by molar-refractivity contribution is 5.78. The fourth-order valence-corrected chi connectivity index (χ4v) is 2.52. The van der Waals surface area contributed by atoms with E-state index in [2.05, 4.69) is 18.7 Å². The molecule has 1 heterocycles. The van der Waals surface area contributed by atoms with Crippen molar-refractivity contribution in [2.24, 2.45) is 0 Å². The molecule has 1 saturated heterocycles. The van der Waals surface area contributed by atoms with Crippen molar-refractivity contribution in [2.75, 3.05) is 32.7 Å². The summed E-state index contributed by atoms with van der Waals surface area (Å²) in [7, 11) is 0. The van der Waals surface area contributed by atoms with Gasteiger partial charge in [0.05, 0.1) is 12.1 Å². The second-order valence-electron chi connectivity index (χ2n) is 6.05. The van der Waals surface area contributed by atoms with Crippen LogP contribution >= 0.6 is 0 Å². The summed E-state index contributed by atoms with van der Waals surface area (Å²) in [5.41, 5.74) is -0.613. The van der Waals surface area contributed by atoms with Crippen molar-refractivity contribution in [1.29, 1.82) is 0 Å². The van der Waals surface area contributed by atoms with Crippen LogP contribution in [0.1, 0.15) is 52.9 Å². The van der Waals surface area contributed by atoms with Gasteiger partial charge in [-0.1, -0.05) is 26.7 Å². The standard InChI is InChI=1S/C15H30N2O2/c1-4-6-9-17(10-7-5-2)14(18)12-16-11-8-15(3,19)13-16/h19H,4-13H2,1-3H3. The van der Waals surface area contributed by atoms with Gasteiger partial charge in [0, 0.05) is 26.2 Å². The summed E-state index contributed by atoms with van der Waals surface area (Å²) in [5.74, 6) is 0.222. The van der Waals surface area contributed by atoms with Gasteiger partial charge in [-0.25, -0.2) is 0 Å². The van der Waals surface area contributed by atoms with Gasteiger partial charge >= 0.3 is 0 Å². The van der Waals surface area contributed by atoms with Gasteiger partial charge in [0.2, 0.25) is 5.91 Å². The van der Waals surface area contributed by atoms with Crippen LogP contribution in [-0.4, -0.2) is 59.1 Å². The molecule has 0 aromatic rings. The molecule has 0 saturated carbocycles. The molecule has 1 fully saturated rings. The van der Waals surface area contributed by atoms with Crippen molar-refractivity contribution in [3.63, 3.8) is 0 Å². The first-order valence-corrected chi connectivity index (χ1v) is 7.71. The largest absolute Gasteiger partial charge is 0.389 e. The molecule has 0 spiro atoms. The van der Waals surface area contributed by atoms with Crippen LogP contribution in [0, 0.1) is 0 Å². The Labute approximate surface area is 117 Å². The summed E-state index contributed by atoms with van der Waals surface area (Å²) in [6, 6.07) is 0. The molecule has 4 nitrogen and oxygen atoms in total. The zero-order valence-corrected chi connectivity index (χ0v) is 12.8. The van der Waals surface area contributed by atoms with Crippen molar-refractivity contribution in [2.45, 2.75) is 58.5 Å². The summed E-state index contributed by atoms with van der Waals surface area (Å²) in [4.78, 5) is 16.4. The molecule has 0 aliphatic carbocycles. The predicted octanol–water partition coefficient (Wildman–Crippen LogP) is 1.87. The quantitative estimate of drug-likeness (QED) is 0.732. The summed E-state index contributed by atoms with van der Waals surface area (Å²) >= 11 is 0. The highest BCUT2D eigenvalue weighted by Crippen LogP contribution is 2.19. The molecular formula is C15H30N2O2. The Kier molecular flexibility index (Phi) is 6.80. The number of carbonyl (C=O) groups excluding carboxylic acids is 1. The minimum absolute atomic E-state index is 0.222. The van der Waals surface area contributed by atoms with Gasteiger partial charge in [-0.05, 0) is 26.2 Å². The topological polar surface area (TPSA) is 43.8 Å². The van der Waals surface area contributed by atoms with E-state index >= 15 is 0 Å². The lowest BCUT2D eigenvalue weighted by molar-refractivity contribution is -0.132. The zero-order valence-electron chi connectivity index (χ0n) is 12.8. The molecule has 1 atom stereocenters. The average Bonchev–Trinajstić information content (AvgIpc) is 2.68. The number of β-amino-alcohol motifs (C(OH)–C–C–N with tert-alkyl or cyclic N) is 1. The smallest absolute Gasteiger partial charge is 0.236 e. The second-order valence-corrected chi connectivity index (χ2v) is 6.05. The molecule has 19 heavy (non-hydrogen) atoms. The third-order valence-electron chi connectivity index (χ3n) is 3.81. The van der Waals surface area contributed by atoms with Crippen LogP contribution in [0.25, 0.3) is 0 Å². The maximum atomic E-state index is 12.3. The van der Waals surface area contributed by atoms with Crippen molar-refractivity contribution in [3.05, 3.63) is 0 Å². The molecule has 1 amide bonds. The summed E-state index contributed by atoms with van der Waals surface area (Å²) < 4.78 is 0. The zero-order chi connectivity index (χ0) is 14.3. The van der Waals surface area contributed by atoms with Gasteiger partial charge < -0.3 is 10.0 Å². The number of hydrogen-bond acceptors (Lipinski definition) is 3. The maximum absolute atomic E-state index is 12.3. The molecule has 1 unspecified atom stereocenters. The Bertz CT molecular complexity index is 271. The van der Waals surface area contributed by atoms with Gasteiger partial charge in [0.25, 0.3) is 0 Å². The van der Waals surface area contributed by atoms with E-state index in [4.69, 9.17) is 0 Å². The number of unbranched alkanes of at least 4 members (excludes halogenated alkanes) is 2. The molecule has 1 rings (SSSR count). The molecule has 4 heteroatoms. The van der Waals surface area contributed by atoms with Crippen LogP contribution in [0.15, 0.2) is 0 Å². The second kappa shape index (κ2) is 7.85. The van der Waals surface area contributed by atoms with E-state index in [0.29, 0.717) is 13.1 Å². The van der Waals surface area contributed by atoms with Crippen molar-refractivity contribution in [3.8, 4) is 0 Å². The van der Waals surface area contributed by atoms with Gasteiger partial charge in [0.1, 0.15) is 0 Å². The monoisotopic (exact) mass is 270 g/mol. The summed E-state index contributed by atoms with van der Waals surface area (Å²) in [6.45, 7) is 9.81. The SMILES string of the molecule is CCCCN(CCCC)C(=O)CN1CCC(C)(O)C1. The first-order valence-electron chi connectivity index (χ1n) is 7.71. The van der Waals surface area contributed by atoms with Gasteiger partial charge in [-0.15, -0.1) is 0 Å². The molecule has 1 aliphatic heterocycles. The number of amides is 1. The number of likely N-dealkylation sites (tertiary alicyclic amines) is 1. The summed E-state index contributed by atoms with van der Waals surface area (Å²) in [6.07, 6.45) is 5.16. The fourth-order valence-electron chi connectivity index (χ4n) is 2.52. The number of hydrogen-bond donors (Lipinski definition) is 1. The van der Waals surface area contributed by atoms with Crippen LogP contribution in [0.5, 0.6) is 0 Å². The Morgan fingerprint density at radius 2 is 1.84 bits per heavy atom. The Morgan fingerprint density at radius 1 is 1.26 bits per heavy atom. The highest BCUT2D eigenvalue weighted by Gasteiger charge is 2.32. The Hall–Kier alpha value is -0.610. The molecule has 0 radical (unpaired) electrons. The third kappa shape index (κ3) is 5.91. The molecule has 0 aromatic carbocycles. The van der Waals surface area contributed by atoms with Crippen LogP contribution in [0.2, 0.25) is 0 Å². The van der Waals surface area contributed by atoms with Crippen molar-refractivity contribution < 1.29 is 9.90 Å². The Morgan fingerprint density at radius 3 is 2.26 bits per heavy atom. The fraction of sp³-hybridized carbons (Fsp3) is 0.933. The molecule has 112 valence electrons. The maximum Gasteiger partial charge on any atom is 0.236 e. The predicted molar refractivity (Wildman–Crippen MR) is 78.1 cm³/mol. The van der Waals surface area contributed by atoms with E-state index in [0.717, 1.165) is 51.7 Å². The lowest BCUT2D eigenvalue weighted by Crippen LogP contribution is -2.41. The number of nitrogens with zero attached hydrogens (tertiary/aromatic N) is 2. The average molecular weight is 270 g/mol. The van der Waals surface area contributed by atoms with Crippen LogP contribution < -0.4 is 0 Å². The van der Waals surface area contributed by atoms with E-state index < -0.39 is 5.60 Å². The molecule has 1 N–H and O–H groups in total. The minimum Gasteiger partial charge on any atom is -0.389 e. The van der Waals surface area contributed by atoms with Crippen LogP contribution in [0.4, 0.5) is 0 Å². The van der Waals surface area contributed by atoms with Crippen molar-refractivity contribution in [1.82, 2.24) is 9.80 Å². The number of rotatable bonds is 8. The van der Waals surface area contributed by atoms with Crippen LogP contribution in [0.3, 0.4) is 0 Å². The van der Waals surface area contributed by atoms with Gasteiger partial charge in [-0.2, -0.15) is 0 Å². The lowest BCUT2D eigenvalue weighted by atomic mass is 10.1. The van der Waals surface area contributed by atoms with E-state index in [1.165, 1.54) is 0 Å². The normalized spacial score (nSPS) is 23.8. The van der Waals surface area contributed by atoms with E-state index in [1.807, 2.05) is 11.8 Å². The Balaban J connectivity index is 2.42. The van der Waals surface area contributed by atoms with E-state index in [1.54, 1.807) is 0 Å². The molecule has 0 aromatic heterocycles. The van der Waals surface area contributed by atoms with E-state index in [-0.39, 0.29) is 5.91 Å². The molecule has 1 aliphatic rings. The minimum atomic E-state index is -0.613. The lowest BCUT2D eigenvalue weighted by Gasteiger charge is -2.25. The number of aliphatic hydroxyl groups is 1. The van der Waals surface area contributed by atoms with Gasteiger partial charge in [-0.3, -0.25) is 9.69 Å². The first-order chi connectivity index (χ1) is 8.98. The molecular weight excluding hydrogens is 240 g/mol. The van der Waals surface area contributed by atoms with E-state index in [9.17, 15) is 9.90 Å². The van der Waals surface area contributed by atoms with Gasteiger partial charge in [0.15, 0.2) is 0 Å². The highest BCUT2D eigenvalue weighted by atomic mass is 16.3. The third-order valence-corrected chi connectivity index (χ3v) is 3.81.